The molecule has 0 aliphatic rings. The first-order chi connectivity index (χ1) is 25.3. The Balaban J connectivity index is 4.37. The lowest BCUT2D eigenvalue weighted by Gasteiger charge is -2.19. The highest BCUT2D eigenvalue weighted by molar-refractivity contribution is 7.47. The Morgan fingerprint density at radius 1 is 0.577 bits per heavy atom. The van der Waals surface area contributed by atoms with Crippen LogP contribution in [0.4, 0.5) is 0 Å². The molecule has 0 rings (SSSR count). The average Bonchev–Trinajstić information content (AvgIpc) is 3.13. The quantitative estimate of drug-likeness (QED) is 0.0278. The average molecular weight is 750 g/mol. The Morgan fingerprint density at radius 2 is 1.04 bits per heavy atom. The Bertz CT molecular complexity index is 1080. The van der Waals surface area contributed by atoms with Gasteiger partial charge in [0.15, 0.2) is 6.10 Å². The minimum Gasteiger partial charge on any atom is -0.462 e. The maximum Gasteiger partial charge on any atom is 0.472 e. The molecule has 0 aromatic carbocycles. The Labute approximate surface area is 316 Å². The molecule has 3 N–H and O–H groups in total. The van der Waals surface area contributed by atoms with Crippen LogP contribution in [0.2, 0.25) is 0 Å². The van der Waals surface area contributed by atoms with Gasteiger partial charge in [-0.25, -0.2) is 4.57 Å². The van der Waals surface area contributed by atoms with Crippen LogP contribution in [0.5, 0.6) is 0 Å². The van der Waals surface area contributed by atoms with Crippen LogP contribution in [0.3, 0.4) is 0 Å². The molecule has 0 bridgehead atoms. The number of carbonyl (C=O) groups is 2. The van der Waals surface area contributed by atoms with E-state index in [1.165, 1.54) is 44.9 Å². The number of allylic oxidation sites excluding steroid dienone is 12. The summed E-state index contributed by atoms with van der Waals surface area (Å²) >= 11 is 0. The molecule has 0 amide bonds. The van der Waals surface area contributed by atoms with E-state index < -0.39 is 32.5 Å². The fourth-order valence-electron chi connectivity index (χ4n) is 4.84. The number of carbonyl (C=O) groups excluding carboxylic acids is 2. The number of phosphoric ester groups is 1. The molecule has 9 nitrogen and oxygen atoms in total. The molecule has 0 aromatic rings. The van der Waals surface area contributed by atoms with Crippen molar-refractivity contribution in [3.8, 4) is 0 Å². The molecule has 10 heteroatoms. The number of esters is 2. The molecule has 52 heavy (non-hydrogen) atoms. The number of phosphoric acid groups is 1. The van der Waals surface area contributed by atoms with Crippen molar-refractivity contribution in [3.63, 3.8) is 0 Å². The van der Waals surface area contributed by atoms with Crippen molar-refractivity contribution in [2.45, 2.75) is 155 Å². The first-order valence-electron chi connectivity index (χ1n) is 19.9. The van der Waals surface area contributed by atoms with E-state index in [1.54, 1.807) is 0 Å². The van der Waals surface area contributed by atoms with Gasteiger partial charge < -0.3 is 20.1 Å². The van der Waals surface area contributed by atoms with Crippen LogP contribution in [0.25, 0.3) is 0 Å². The molecule has 2 atom stereocenters. The number of nitrogens with two attached hydrogens (primary N) is 1. The van der Waals surface area contributed by atoms with Crippen LogP contribution < -0.4 is 5.73 Å². The van der Waals surface area contributed by atoms with Crippen molar-refractivity contribution < 1.29 is 37.6 Å². The van der Waals surface area contributed by atoms with Crippen LogP contribution in [-0.4, -0.2) is 49.3 Å². The van der Waals surface area contributed by atoms with E-state index in [1.807, 2.05) is 12.2 Å². The highest BCUT2D eigenvalue weighted by Crippen LogP contribution is 2.43. The van der Waals surface area contributed by atoms with E-state index in [4.69, 9.17) is 24.3 Å². The molecule has 0 aromatic heterocycles. The molecule has 0 heterocycles. The van der Waals surface area contributed by atoms with Crippen molar-refractivity contribution in [2.75, 3.05) is 26.4 Å². The molecule has 0 spiro atoms. The van der Waals surface area contributed by atoms with Gasteiger partial charge >= 0.3 is 19.8 Å². The third kappa shape index (κ3) is 37.2. The van der Waals surface area contributed by atoms with Crippen LogP contribution >= 0.6 is 7.82 Å². The molecule has 0 saturated heterocycles. The normalized spacial score (nSPS) is 14.2. The predicted octanol–water partition coefficient (Wildman–Crippen LogP) is 11.1. The third-order valence-electron chi connectivity index (χ3n) is 7.83. The second kappa shape index (κ2) is 38.2. The summed E-state index contributed by atoms with van der Waals surface area (Å²) < 4.78 is 32.6. The summed E-state index contributed by atoms with van der Waals surface area (Å²) in [5, 5.41) is 0. The number of ether oxygens (including phenoxy) is 2. The van der Waals surface area contributed by atoms with Gasteiger partial charge in [0.25, 0.3) is 0 Å². The monoisotopic (exact) mass is 749 g/mol. The van der Waals surface area contributed by atoms with Crippen LogP contribution in [0, 0.1) is 0 Å². The third-order valence-corrected chi connectivity index (χ3v) is 8.81. The summed E-state index contributed by atoms with van der Waals surface area (Å²) in [7, 11) is -4.40. The van der Waals surface area contributed by atoms with Gasteiger partial charge in [-0.2, -0.15) is 0 Å². The van der Waals surface area contributed by atoms with E-state index >= 15 is 0 Å². The van der Waals surface area contributed by atoms with E-state index in [2.05, 4.69) is 74.6 Å². The Kier molecular flexibility index (Phi) is 36.3. The minimum atomic E-state index is -4.40. The van der Waals surface area contributed by atoms with Crippen LogP contribution in [0.1, 0.15) is 149 Å². The number of hydrogen-bond donors (Lipinski definition) is 2. The summed E-state index contributed by atoms with van der Waals surface area (Å²) in [4.78, 5) is 34.7. The van der Waals surface area contributed by atoms with Crippen LogP contribution in [0.15, 0.2) is 72.9 Å². The Morgan fingerprint density at radius 3 is 1.58 bits per heavy atom. The van der Waals surface area contributed by atoms with Gasteiger partial charge in [-0.15, -0.1) is 0 Å². The zero-order valence-corrected chi connectivity index (χ0v) is 33.4. The van der Waals surface area contributed by atoms with Gasteiger partial charge in [-0.3, -0.25) is 18.6 Å². The van der Waals surface area contributed by atoms with E-state index in [9.17, 15) is 19.0 Å². The maximum absolute atomic E-state index is 12.5. The van der Waals surface area contributed by atoms with Crippen molar-refractivity contribution in [3.05, 3.63) is 72.9 Å². The standard InChI is InChI=1S/C42H72NO8P/c1-3-5-7-9-11-13-15-17-18-19-20-21-22-23-25-27-29-31-33-35-42(45)51-40(39-50-52(46,47)49-37-36-43)38-48-41(44)34-32-30-28-26-24-16-14-12-10-8-6-4-2/h11-14,17-18,20-21,23,25,29,31,40H,3-10,15-16,19,22,24,26-28,30,32-39,43H2,1-2H3,(H,46,47)/b13-11+,14-12+,18-17+,21-20+,25-23+,31-29+/t40-/m1/s1. The topological polar surface area (TPSA) is 134 Å². The predicted molar refractivity (Wildman–Crippen MR) is 215 cm³/mol. The van der Waals surface area contributed by atoms with E-state index in [0.29, 0.717) is 12.8 Å². The van der Waals surface area contributed by atoms with Gasteiger partial charge in [-0.1, -0.05) is 132 Å². The second-order valence-corrected chi connectivity index (χ2v) is 14.2. The molecule has 298 valence electrons. The largest absolute Gasteiger partial charge is 0.472 e. The van der Waals surface area contributed by atoms with Gasteiger partial charge in [0.05, 0.1) is 13.2 Å². The summed E-state index contributed by atoms with van der Waals surface area (Å²) in [5.74, 6) is -0.944. The van der Waals surface area contributed by atoms with Crippen molar-refractivity contribution in [1.82, 2.24) is 0 Å². The fraction of sp³-hybridized carbons (Fsp3) is 0.667. The lowest BCUT2D eigenvalue weighted by molar-refractivity contribution is -0.161. The molecule has 0 aliphatic heterocycles. The Hall–Kier alpha value is -2.55. The first kappa shape index (κ1) is 49.5. The first-order valence-corrected chi connectivity index (χ1v) is 21.4. The summed E-state index contributed by atoms with van der Waals surface area (Å²) in [6.45, 7) is 3.55. The van der Waals surface area contributed by atoms with Crippen molar-refractivity contribution >= 4 is 19.8 Å². The van der Waals surface area contributed by atoms with Crippen molar-refractivity contribution in [2.24, 2.45) is 5.73 Å². The molecule has 1 unspecified atom stereocenters. The van der Waals surface area contributed by atoms with Gasteiger partial charge in [-0.05, 0) is 77.0 Å². The lowest BCUT2D eigenvalue weighted by Crippen LogP contribution is -2.29. The molecule has 0 fully saturated rings. The SMILES string of the molecule is CCCCC/C=C/C/C=C/C/C=C/C/C=C/C/C=C/CCC(=O)O[C@H](COC(=O)CCCCCCC/C=C/CCCCC)COP(=O)(O)OCCN. The maximum atomic E-state index is 12.5. The highest BCUT2D eigenvalue weighted by atomic mass is 31.2. The number of unbranched alkanes of at least 4 members (excludes halogenated alkanes) is 11. The molecular formula is C42H72NO8P. The number of rotatable bonds is 36. The zero-order valence-electron chi connectivity index (χ0n) is 32.5. The highest BCUT2D eigenvalue weighted by Gasteiger charge is 2.25. The van der Waals surface area contributed by atoms with Crippen LogP contribution in [-0.2, 0) is 32.7 Å². The van der Waals surface area contributed by atoms with Gasteiger partial charge in [0, 0.05) is 19.4 Å². The lowest BCUT2D eigenvalue weighted by atomic mass is 10.1. The zero-order chi connectivity index (χ0) is 38.2. The van der Waals surface area contributed by atoms with Gasteiger partial charge in [0.1, 0.15) is 6.61 Å². The summed E-state index contributed by atoms with van der Waals surface area (Å²) in [5.41, 5.74) is 5.33. The summed E-state index contributed by atoms with van der Waals surface area (Å²) in [6.07, 6.45) is 45.2. The minimum absolute atomic E-state index is 0.0377. The van der Waals surface area contributed by atoms with E-state index in [0.717, 1.165) is 64.2 Å². The van der Waals surface area contributed by atoms with E-state index in [-0.39, 0.29) is 32.6 Å². The smallest absolute Gasteiger partial charge is 0.462 e. The summed E-state index contributed by atoms with van der Waals surface area (Å²) in [6, 6.07) is 0. The molecule has 0 aliphatic carbocycles. The second-order valence-electron chi connectivity index (χ2n) is 12.8. The van der Waals surface area contributed by atoms with Crippen molar-refractivity contribution in [1.29, 1.82) is 0 Å². The molecular weight excluding hydrogens is 677 g/mol. The molecule has 0 radical (unpaired) electrons. The fourth-order valence-corrected chi connectivity index (χ4v) is 5.61. The van der Waals surface area contributed by atoms with Gasteiger partial charge in [0.2, 0.25) is 0 Å². The number of hydrogen-bond acceptors (Lipinski definition) is 8. The molecule has 0 saturated carbocycles.